The summed E-state index contributed by atoms with van der Waals surface area (Å²) < 4.78 is 51.8. The number of amides is 1. The first-order valence-corrected chi connectivity index (χ1v) is 7.26. The minimum atomic E-state index is -4.96. The highest BCUT2D eigenvalue weighted by Gasteiger charge is 2.33. The number of nitrogens with zero attached hydrogens (tertiary/aromatic N) is 1. The van der Waals surface area contributed by atoms with Gasteiger partial charge in [-0.15, -0.1) is 19.8 Å². The number of carbonyl (C=O) groups is 1. The Morgan fingerprint density at radius 1 is 1.44 bits per heavy atom. The van der Waals surface area contributed by atoms with E-state index in [-0.39, 0.29) is 29.7 Å². The fraction of sp³-hybridized carbons (Fsp3) is 0.312. The monoisotopic (exact) mass is 359 g/mol. The van der Waals surface area contributed by atoms with Gasteiger partial charge in [-0.2, -0.15) is 5.06 Å². The molecule has 1 amide bonds. The maximum atomic E-state index is 12.6. The summed E-state index contributed by atoms with van der Waals surface area (Å²) in [5.74, 6) is -2.31. The molecule has 0 aliphatic carbocycles. The average Bonchev–Trinajstić information content (AvgIpc) is 3.08. The topological polar surface area (TPSA) is 68.2 Å². The molecule has 0 fully saturated rings. The van der Waals surface area contributed by atoms with Crippen LogP contribution in [0.15, 0.2) is 43.2 Å². The van der Waals surface area contributed by atoms with Crippen molar-refractivity contribution in [3.8, 4) is 11.5 Å². The van der Waals surface area contributed by atoms with Crippen molar-refractivity contribution in [2.75, 3.05) is 18.3 Å². The van der Waals surface area contributed by atoms with E-state index in [1.807, 2.05) is 0 Å². The normalized spacial score (nSPS) is 16.2. The number of anilines is 1. The highest BCUT2D eigenvalue weighted by molar-refractivity contribution is 5.94. The van der Waals surface area contributed by atoms with Gasteiger partial charge in [0.1, 0.15) is 6.61 Å². The van der Waals surface area contributed by atoms with Crippen LogP contribution in [-0.4, -0.2) is 30.7 Å². The van der Waals surface area contributed by atoms with E-state index in [1.165, 1.54) is 24.5 Å². The first-order chi connectivity index (χ1) is 11.8. The van der Waals surface area contributed by atoms with Crippen LogP contribution >= 0.6 is 0 Å². The van der Waals surface area contributed by atoms with E-state index in [0.717, 1.165) is 6.07 Å². The molecule has 1 aromatic rings. The smallest absolute Gasteiger partial charge is 0.500 e. The standard InChI is InChI=1S/C16H16F3NO5/c1-2-3-7-24-13-5-4-12(9-14(13)25-16(17,18)19)20(22)15(21)11-6-8-23-10-11/h2,4-6,8-9,11,22H,1,3,7,10H2. The SMILES string of the molecule is C=CCCOc1ccc(N(O)C(=O)C2C=COC2)cc1OC(F)(F)F. The molecule has 0 radical (unpaired) electrons. The predicted molar refractivity (Wildman–Crippen MR) is 81.3 cm³/mol. The van der Waals surface area contributed by atoms with E-state index in [4.69, 9.17) is 9.47 Å². The second-order valence-corrected chi connectivity index (χ2v) is 5.02. The van der Waals surface area contributed by atoms with Gasteiger partial charge in [-0.25, -0.2) is 0 Å². The van der Waals surface area contributed by atoms with Gasteiger partial charge in [-0.1, -0.05) is 6.08 Å². The number of rotatable bonds is 7. The molecule has 0 spiro atoms. The van der Waals surface area contributed by atoms with Crippen molar-refractivity contribution in [1.82, 2.24) is 0 Å². The molecule has 1 heterocycles. The zero-order chi connectivity index (χ0) is 18.4. The van der Waals surface area contributed by atoms with Gasteiger partial charge in [0.15, 0.2) is 11.5 Å². The Kier molecular flexibility index (Phi) is 5.92. The molecule has 1 N–H and O–H groups in total. The van der Waals surface area contributed by atoms with E-state index in [2.05, 4.69) is 11.3 Å². The summed E-state index contributed by atoms with van der Waals surface area (Å²) in [7, 11) is 0. The molecule has 6 nitrogen and oxygen atoms in total. The van der Waals surface area contributed by atoms with E-state index < -0.39 is 23.9 Å². The van der Waals surface area contributed by atoms with Gasteiger partial charge in [-0.3, -0.25) is 10.0 Å². The number of hydrogen-bond acceptors (Lipinski definition) is 5. The molecule has 0 aromatic heterocycles. The third-order valence-electron chi connectivity index (χ3n) is 3.19. The van der Waals surface area contributed by atoms with Crippen LogP contribution in [0.25, 0.3) is 0 Å². The summed E-state index contributed by atoms with van der Waals surface area (Å²) in [5.41, 5.74) is -0.194. The lowest BCUT2D eigenvalue weighted by Crippen LogP contribution is -2.33. The van der Waals surface area contributed by atoms with Crippen molar-refractivity contribution in [2.45, 2.75) is 12.8 Å². The number of carbonyl (C=O) groups excluding carboxylic acids is 1. The van der Waals surface area contributed by atoms with E-state index in [0.29, 0.717) is 6.42 Å². The van der Waals surface area contributed by atoms with Crippen LogP contribution in [0, 0.1) is 5.92 Å². The third kappa shape index (κ3) is 5.15. The molecular weight excluding hydrogens is 343 g/mol. The van der Waals surface area contributed by atoms with Crippen LogP contribution in [-0.2, 0) is 9.53 Å². The van der Waals surface area contributed by atoms with Crippen molar-refractivity contribution in [3.05, 3.63) is 43.2 Å². The lowest BCUT2D eigenvalue weighted by Gasteiger charge is -2.20. The fourth-order valence-electron chi connectivity index (χ4n) is 2.01. The molecule has 25 heavy (non-hydrogen) atoms. The molecule has 1 aliphatic rings. The van der Waals surface area contributed by atoms with Crippen molar-refractivity contribution in [3.63, 3.8) is 0 Å². The first-order valence-electron chi connectivity index (χ1n) is 7.26. The summed E-state index contributed by atoms with van der Waals surface area (Å²) in [6.07, 6.45) is -0.242. The maximum absolute atomic E-state index is 12.6. The minimum absolute atomic E-state index is 0.0462. The quantitative estimate of drug-likeness (QED) is 0.350. The number of ether oxygens (including phenoxy) is 3. The van der Waals surface area contributed by atoms with Gasteiger partial charge in [-0.05, 0) is 24.6 Å². The molecule has 9 heteroatoms. The molecule has 2 rings (SSSR count). The molecule has 0 saturated heterocycles. The Hall–Kier alpha value is -2.68. The Morgan fingerprint density at radius 2 is 2.20 bits per heavy atom. The third-order valence-corrected chi connectivity index (χ3v) is 3.19. The lowest BCUT2D eigenvalue weighted by atomic mass is 10.1. The molecular formula is C16H16F3NO5. The van der Waals surface area contributed by atoms with Crippen LogP contribution in [0.3, 0.4) is 0 Å². The van der Waals surface area contributed by atoms with Gasteiger partial charge < -0.3 is 14.2 Å². The van der Waals surface area contributed by atoms with Gasteiger partial charge in [0.25, 0.3) is 5.91 Å². The summed E-state index contributed by atoms with van der Waals surface area (Å²) in [6.45, 7) is 3.63. The highest BCUT2D eigenvalue weighted by Crippen LogP contribution is 2.36. The minimum Gasteiger partial charge on any atom is -0.500 e. The Balaban J connectivity index is 2.23. The van der Waals surface area contributed by atoms with E-state index in [9.17, 15) is 23.2 Å². The van der Waals surface area contributed by atoms with Gasteiger partial charge in [0.05, 0.1) is 24.5 Å². The van der Waals surface area contributed by atoms with Gasteiger partial charge in [0, 0.05) is 6.07 Å². The second-order valence-electron chi connectivity index (χ2n) is 5.02. The van der Waals surface area contributed by atoms with Crippen LogP contribution in [0.5, 0.6) is 11.5 Å². The van der Waals surface area contributed by atoms with Crippen molar-refractivity contribution >= 4 is 11.6 Å². The number of halogens is 3. The first kappa shape index (κ1) is 18.7. The molecule has 1 aliphatic heterocycles. The zero-order valence-corrected chi connectivity index (χ0v) is 13.0. The van der Waals surface area contributed by atoms with Crippen molar-refractivity contribution in [1.29, 1.82) is 0 Å². The largest absolute Gasteiger partial charge is 0.573 e. The summed E-state index contributed by atoms with van der Waals surface area (Å²) in [5, 5.41) is 10.2. The fourth-order valence-corrected chi connectivity index (χ4v) is 2.01. The number of benzene rings is 1. The number of hydrogen-bond donors (Lipinski definition) is 1. The van der Waals surface area contributed by atoms with Crippen molar-refractivity contribution < 1.29 is 37.4 Å². The molecule has 136 valence electrons. The number of hydroxylamine groups is 1. The Morgan fingerprint density at radius 3 is 2.80 bits per heavy atom. The molecule has 1 unspecified atom stereocenters. The Bertz CT molecular complexity index is 660. The highest BCUT2D eigenvalue weighted by atomic mass is 19.4. The summed E-state index contributed by atoms with van der Waals surface area (Å²) in [6, 6.07) is 3.29. The van der Waals surface area contributed by atoms with Gasteiger partial charge >= 0.3 is 6.36 Å². The van der Waals surface area contributed by atoms with Gasteiger partial charge in [0.2, 0.25) is 0 Å². The van der Waals surface area contributed by atoms with Crippen LogP contribution < -0.4 is 14.5 Å². The summed E-state index contributed by atoms with van der Waals surface area (Å²) in [4.78, 5) is 12.1. The second kappa shape index (κ2) is 7.93. The van der Waals surface area contributed by atoms with E-state index in [1.54, 1.807) is 6.08 Å². The predicted octanol–water partition coefficient (Wildman–Crippen LogP) is 3.42. The molecule has 0 saturated carbocycles. The molecule has 0 bridgehead atoms. The van der Waals surface area contributed by atoms with Crippen molar-refractivity contribution in [2.24, 2.45) is 5.92 Å². The van der Waals surface area contributed by atoms with Crippen LogP contribution in [0.4, 0.5) is 18.9 Å². The molecule has 1 aromatic carbocycles. The van der Waals surface area contributed by atoms with Crippen LogP contribution in [0.1, 0.15) is 6.42 Å². The molecule has 1 atom stereocenters. The van der Waals surface area contributed by atoms with Crippen LogP contribution in [0.2, 0.25) is 0 Å². The Labute approximate surface area is 141 Å². The zero-order valence-electron chi connectivity index (χ0n) is 13.0. The summed E-state index contributed by atoms with van der Waals surface area (Å²) >= 11 is 0. The number of alkyl halides is 3. The lowest BCUT2D eigenvalue weighted by molar-refractivity contribution is -0.275. The average molecular weight is 359 g/mol. The van der Waals surface area contributed by atoms with E-state index >= 15 is 0 Å². The maximum Gasteiger partial charge on any atom is 0.573 e.